The summed E-state index contributed by atoms with van der Waals surface area (Å²) in [6, 6.07) is 2.03. The minimum atomic E-state index is -0.117. The highest BCUT2D eigenvalue weighted by Crippen LogP contribution is 2.33. The van der Waals surface area contributed by atoms with Gasteiger partial charge in [-0.05, 0) is 45.5 Å². The predicted octanol–water partition coefficient (Wildman–Crippen LogP) is 3.03. The minimum Gasteiger partial charge on any atom is -0.476 e. The largest absolute Gasteiger partial charge is 0.476 e. The lowest BCUT2D eigenvalue weighted by molar-refractivity contribution is 0.133. The molecule has 0 radical (unpaired) electrons. The average Bonchev–Trinajstić information content (AvgIpc) is 3.54. The van der Waals surface area contributed by atoms with Crippen LogP contribution in [0.5, 0.6) is 11.8 Å². The number of likely N-dealkylation sites (N-methyl/N-ethyl adjacent to an activating group) is 1. The van der Waals surface area contributed by atoms with Crippen molar-refractivity contribution in [3.63, 3.8) is 0 Å². The number of pyridine rings is 1. The van der Waals surface area contributed by atoms with Gasteiger partial charge in [0.1, 0.15) is 11.6 Å². The van der Waals surface area contributed by atoms with Crippen LogP contribution in [0.4, 0.5) is 0 Å². The zero-order valence-electron chi connectivity index (χ0n) is 22.0. The fourth-order valence-corrected chi connectivity index (χ4v) is 4.81. The van der Waals surface area contributed by atoms with Crippen LogP contribution in [0, 0.1) is 6.92 Å². The molecular formula is C26H34N8O3. The van der Waals surface area contributed by atoms with Gasteiger partial charge in [0.25, 0.3) is 0 Å². The van der Waals surface area contributed by atoms with E-state index in [1.165, 1.54) is 0 Å². The highest BCUT2D eigenvalue weighted by molar-refractivity contribution is 5.93. The second kappa shape index (κ2) is 10.3. The number of aliphatic hydroxyl groups excluding tert-OH is 1. The van der Waals surface area contributed by atoms with Gasteiger partial charge in [0.05, 0.1) is 59.9 Å². The van der Waals surface area contributed by atoms with Crippen LogP contribution in [0.2, 0.25) is 0 Å². The van der Waals surface area contributed by atoms with E-state index in [0.29, 0.717) is 38.0 Å². The maximum atomic E-state index is 9.73. The van der Waals surface area contributed by atoms with Gasteiger partial charge in [0.2, 0.25) is 11.8 Å². The molecule has 0 unspecified atom stereocenters. The molecule has 1 aliphatic rings. The van der Waals surface area contributed by atoms with Crippen LogP contribution in [-0.4, -0.2) is 77.2 Å². The summed E-state index contributed by atoms with van der Waals surface area (Å²) in [7, 11) is 1.88. The van der Waals surface area contributed by atoms with Crippen molar-refractivity contribution in [1.29, 1.82) is 0 Å². The average molecular weight is 507 g/mol. The predicted molar refractivity (Wildman–Crippen MR) is 141 cm³/mol. The third-order valence-corrected chi connectivity index (χ3v) is 6.63. The number of aryl methyl sites for hydroxylation is 2. The fraction of sp³-hybridized carbons (Fsp3) is 0.462. The monoisotopic (exact) mass is 506 g/mol. The van der Waals surface area contributed by atoms with Crippen LogP contribution >= 0.6 is 0 Å². The van der Waals surface area contributed by atoms with Crippen molar-refractivity contribution in [2.45, 2.75) is 46.9 Å². The van der Waals surface area contributed by atoms with Gasteiger partial charge < -0.3 is 14.6 Å². The molecule has 0 saturated carbocycles. The summed E-state index contributed by atoms with van der Waals surface area (Å²) in [5.74, 6) is 1.22. The Labute approximate surface area is 215 Å². The number of H-pyrrole nitrogens is 1. The lowest BCUT2D eigenvalue weighted by atomic mass is 10.1. The number of fused-ring (bicyclic) bond motifs is 4. The summed E-state index contributed by atoms with van der Waals surface area (Å²) in [6.07, 6.45) is 5.71. The second-order valence-electron chi connectivity index (χ2n) is 9.25. The molecule has 0 amide bonds. The molecule has 0 saturated heterocycles. The Morgan fingerprint density at radius 1 is 1.27 bits per heavy atom. The van der Waals surface area contributed by atoms with E-state index in [0.717, 1.165) is 51.4 Å². The van der Waals surface area contributed by atoms with Crippen molar-refractivity contribution >= 4 is 23.1 Å². The van der Waals surface area contributed by atoms with Crippen LogP contribution in [0.3, 0.4) is 0 Å². The van der Waals surface area contributed by atoms with Gasteiger partial charge >= 0.3 is 0 Å². The van der Waals surface area contributed by atoms with Gasteiger partial charge in [-0.3, -0.25) is 19.7 Å². The number of nitrogens with one attached hydrogen (secondary N) is 1. The molecule has 2 N–H and O–H groups in total. The Balaban J connectivity index is 1.72. The molecule has 4 aromatic heterocycles. The Morgan fingerprint density at radius 3 is 2.86 bits per heavy atom. The first-order chi connectivity index (χ1) is 17.9. The van der Waals surface area contributed by atoms with Crippen molar-refractivity contribution < 1.29 is 14.6 Å². The van der Waals surface area contributed by atoms with E-state index >= 15 is 0 Å². The number of aromatic amines is 1. The van der Waals surface area contributed by atoms with E-state index < -0.39 is 0 Å². The van der Waals surface area contributed by atoms with Crippen LogP contribution < -0.4 is 9.47 Å². The topological polar surface area (TPSA) is 119 Å². The lowest BCUT2D eigenvalue weighted by Gasteiger charge is -2.25. The molecule has 4 aromatic rings. The van der Waals surface area contributed by atoms with Gasteiger partial charge in [0.15, 0.2) is 0 Å². The van der Waals surface area contributed by atoms with E-state index in [1.807, 2.05) is 43.8 Å². The smallest absolute Gasteiger partial charge is 0.240 e. The van der Waals surface area contributed by atoms with E-state index in [9.17, 15) is 5.11 Å². The molecule has 2 bridgehead atoms. The number of aliphatic hydroxyl groups is 1. The van der Waals surface area contributed by atoms with Gasteiger partial charge in [-0.1, -0.05) is 6.92 Å². The Morgan fingerprint density at radius 2 is 2.11 bits per heavy atom. The Kier molecular flexibility index (Phi) is 6.98. The zero-order valence-corrected chi connectivity index (χ0v) is 22.0. The first-order valence-electron chi connectivity index (χ1n) is 12.7. The fourth-order valence-electron chi connectivity index (χ4n) is 4.81. The molecule has 5 heterocycles. The van der Waals surface area contributed by atoms with Gasteiger partial charge in [-0.15, -0.1) is 5.10 Å². The molecule has 1 atom stereocenters. The molecular weight excluding hydrogens is 472 g/mol. The van der Waals surface area contributed by atoms with E-state index in [4.69, 9.17) is 19.6 Å². The summed E-state index contributed by atoms with van der Waals surface area (Å²) < 4.78 is 16.0. The minimum absolute atomic E-state index is 0.0153. The first kappa shape index (κ1) is 25.0. The molecule has 0 aliphatic carbocycles. The van der Waals surface area contributed by atoms with E-state index in [1.54, 1.807) is 10.9 Å². The number of hydrogen-bond acceptors (Lipinski definition) is 8. The molecule has 11 nitrogen and oxygen atoms in total. The van der Waals surface area contributed by atoms with Crippen molar-refractivity contribution in [1.82, 2.24) is 39.6 Å². The SMILES string of the molecule is CCOc1nn(CCO)c2c1/C=C/c1[nH]nc3c(C)nc(cc13)-c1cnn(C)c1O[C@H](C)CN(CC)C2. The van der Waals surface area contributed by atoms with E-state index in [2.05, 4.69) is 34.0 Å². The lowest BCUT2D eigenvalue weighted by Crippen LogP contribution is -2.34. The highest BCUT2D eigenvalue weighted by Gasteiger charge is 2.23. The number of nitrogens with zero attached hydrogens (tertiary/aromatic N) is 7. The van der Waals surface area contributed by atoms with Crippen molar-refractivity contribution in [3.8, 4) is 23.0 Å². The summed E-state index contributed by atoms with van der Waals surface area (Å²) in [6.45, 7) is 11.1. The molecule has 11 heteroatoms. The number of rotatable bonds is 5. The van der Waals surface area contributed by atoms with E-state index in [-0.39, 0.29) is 12.7 Å². The number of hydrogen-bond donors (Lipinski definition) is 2. The number of ether oxygens (including phenoxy) is 2. The Bertz CT molecular complexity index is 1430. The maximum absolute atomic E-state index is 9.73. The third kappa shape index (κ3) is 4.72. The normalized spacial score (nSPS) is 17.2. The molecule has 0 spiro atoms. The quantitative estimate of drug-likeness (QED) is 0.424. The number of aromatic nitrogens is 7. The summed E-state index contributed by atoms with van der Waals surface area (Å²) in [4.78, 5) is 7.13. The molecule has 1 aliphatic heterocycles. The van der Waals surface area contributed by atoms with Gasteiger partial charge in [-0.2, -0.15) is 10.2 Å². The maximum Gasteiger partial charge on any atom is 0.240 e. The van der Waals surface area contributed by atoms with Crippen molar-refractivity contribution in [2.24, 2.45) is 7.05 Å². The molecule has 0 aromatic carbocycles. The summed E-state index contributed by atoms with van der Waals surface area (Å²) in [5.41, 5.74) is 5.97. The molecule has 37 heavy (non-hydrogen) atoms. The second-order valence-corrected chi connectivity index (χ2v) is 9.25. The van der Waals surface area contributed by atoms with Crippen LogP contribution in [0.15, 0.2) is 12.3 Å². The Hall–Kier alpha value is -3.70. The molecule has 196 valence electrons. The van der Waals surface area contributed by atoms with Gasteiger partial charge in [-0.25, -0.2) is 4.68 Å². The van der Waals surface area contributed by atoms with Crippen LogP contribution in [0.25, 0.3) is 34.3 Å². The first-order valence-corrected chi connectivity index (χ1v) is 12.7. The van der Waals surface area contributed by atoms with Crippen LogP contribution in [0.1, 0.15) is 43.4 Å². The highest BCUT2D eigenvalue weighted by atomic mass is 16.5. The standard InChI is InChI=1S/C26H34N8O3/c1-6-33-14-16(3)37-26-20(13-27-32(26)5)22-12-19-21(29-30-24(19)17(4)28-22)9-8-18-23(15-33)34(10-11-35)31-25(18)36-7-2/h8-9,12-13,16,35H,6-7,10-11,14-15H2,1-5H3,(H,29,30)/b9-8+/t16-/m1/s1. The van der Waals surface area contributed by atoms with Gasteiger partial charge in [0, 0.05) is 25.5 Å². The summed E-state index contributed by atoms with van der Waals surface area (Å²) >= 11 is 0. The zero-order chi connectivity index (χ0) is 26.1. The molecule has 5 rings (SSSR count). The van der Waals surface area contributed by atoms with Crippen LogP contribution in [-0.2, 0) is 20.1 Å². The third-order valence-electron chi connectivity index (χ3n) is 6.63. The van der Waals surface area contributed by atoms with Crippen molar-refractivity contribution in [3.05, 3.63) is 34.9 Å². The van der Waals surface area contributed by atoms with Crippen molar-refractivity contribution in [2.75, 3.05) is 26.3 Å². The molecule has 0 fully saturated rings. The summed E-state index contributed by atoms with van der Waals surface area (Å²) in [5, 5.41) is 27.5.